The van der Waals surface area contributed by atoms with Crippen molar-refractivity contribution in [3.63, 3.8) is 0 Å². The lowest BCUT2D eigenvalue weighted by molar-refractivity contribution is -0.127. The zero-order valence-electron chi connectivity index (χ0n) is 12.5. The average molecular weight is 276 g/mol. The minimum atomic E-state index is -2.17. The molecule has 0 aromatic rings. The average Bonchev–Trinajstić information content (AvgIpc) is 2.36. The first-order valence-corrected chi connectivity index (χ1v) is 8.91. The molecule has 1 heterocycles. The fraction of sp³-hybridized carbons (Fsp3) is 1.00. The highest BCUT2D eigenvalue weighted by Crippen LogP contribution is 2.51. The van der Waals surface area contributed by atoms with Crippen LogP contribution in [-0.2, 0) is 18.3 Å². The van der Waals surface area contributed by atoms with Gasteiger partial charge in [0.2, 0.25) is 0 Å². The summed E-state index contributed by atoms with van der Waals surface area (Å²) >= 11 is 0. The van der Waals surface area contributed by atoms with Crippen molar-refractivity contribution in [2.24, 2.45) is 5.41 Å². The van der Waals surface area contributed by atoms with Crippen LogP contribution in [0.5, 0.6) is 0 Å². The van der Waals surface area contributed by atoms with Gasteiger partial charge in [-0.25, -0.2) is 0 Å². The summed E-state index contributed by atoms with van der Waals surface area (Å²) in [6, 6.07) is 0.968. The van der Waals surface area contributed by atoms with Crippen LogP contribution in [0.1, 0.15) is 26.7 Å². The third-order valence-electron chi connectivity index (χ3n) is 4.55. The molecule has 1 atom stereocenters. The van der Waals surface area contributed by atoms with Crippen LogP contribution in [0.15, 0.2) is 0 Å². The monoisotopic (exact) mass is 276 g/mol. The first-order valence-electron chi connectivity index (χ1n) is 6.81. The molecule has 0 radical (unpaired) electrons. The Morgan fingerprint density at radius 1 is 1.17 bits per heavy atom. The Morgan fingerprint density at radius 2 is 1.78 bits per heavy atom. The molecule has 1 aliphatic rings. The van der Waals surface area contributed by atoms with Gasteiger partial charge in [-0.15, -0.1) is 0 Å². The second kappa shape index (κ2) is 7.00. The van der Waals surface area contributed by atoms with Crippen LogP contribution in [0.3, 0.4) is 0 Å². The summed E-state index contributed by atoms with van der Waals surface area (Å²) in [5.41, 5.74) is 0.663. The Balaban J connectivity index is 2.94. The maximum Gasteiger partial charge on any atom is 0.341 e. The van der Waals surface area contributed by atoms with Crippen molar-refractivity contribution in [3.05, 3.63) is 0 Å². The molecule has 1 saturated heterocycles. The second-order valence-electron chi connectivity index (χ2n) is 5.12. The van der Waals surface area contributed by atoms with Crippen LogP contribution in [0.25, 0.3) is 0 Å². The van der Waals surface area contributed by atoms with E-state index in [1.54, 1.807) is 21.3 Å². The zero-order valence-corrected chi connectivity index (χ0v) is 13.5. The van der Waals surface area contributed by atoms with Crippen molar-refractivity contribution >= 4 is 8.56 Å². The summed E-state index contributed by atoms with van der Waals surface area (Å²) < 4.78 is 22.5. The number of rotatable bonds is 9. The molecule has 18 heavy (non-hydrogen) atoms. The largest absolute Gasteiger partial charge is 0.397 e. The molecule has 5 heteroatoms. The van der Waals surface area contributed by atoms with E-state index in [1.807, 2.05) is 0 Å². The van der Waals surface area contributed by atoms with Gasteiger partial charge >= 0.3 is 8.56 Å². The summed E-state index contributed by atoms with van der Waals surface area (Å²) in [5, 5.41) is 0. The van der Waals surface area contributed by atoms with Crippen molar-refractivity contribution < 1.29 is 18.3 Å². The van der Waals surface area contributed by atoms with Crippen LogP contribution in [0, 0.1) is 5.41 Å². The predicted octanol–water partition coefficient (Wildman–Crippen LogP) is 2.57. The quantitative estimate of drug-likeness (QED) is 0.607. The normalized spacial score (nSPS) is 20.5. The zero-order chi connectivity index (χ0) is 13.6. The summed E-state index contributed by atoms with van der Waals surface area (Å²) in [5.74, 6) is 0. The number of ether oxygens (including phenoxy) is 2. The highest BCUT2D eigenvalue weighted by molar-refractivity contribution is 6.69. The topological polar surface area (TPSA) is 36.9 Å². The minimum Gasteiger partial charge on any atom is -0.397 e. The van der Waals surface area contributed by atoms with Crippen LogP contribution in [-0.4, -0.2) is 49.7 Å². The highest BCUT2D eigenvalue weighted by atomic mass is 28.4. The van der Waals surface area contributed by atoms with Gasteiger partial charge in [-0.3, -0.25) is 0 Å². The van der Waals surface area contributed by atoms with E-state index >= 15 is 0 Å². The van der Waals surface area contributed by atoms with Crippen molar-refractivity contribution in [2.45, 2.75) is 38.3 Å². The van der Waals surface area contributed by atoms with Crippen LogP contribution < -0.4 is 0 Å². The third-order valence-corrected chi connectivity index (χ3v) is 8.88. The number of hydrogen-bond acceptors (Lipinski definition) is 4. The van der Waals surface area contributed by atoms with E-state index in [0.29, 0.717) is 5.54 Å². The van der Waals surface area contributed by atoms with Gasteiger partial charge in [0.15, 0.2) is 0 Å². The fourth-order valence-electron chi connectivity index (χ4n) is 3.15. The Bertz CT molecular complexity index is 225. The lowest BCUT2D eigenvalue weighted by atomic mass is 9.78. The molecule has 0 N–H and O–H groups in total. The van der Waals surface area contributed by atoms with E-state index in [1.165, 1.54) is 0 Å². The van der Waals surface area contributed by atoms with Crippen molar-refractivity contribution in [3.8, 4) is 0 Å². The maximum absolute atomic E-state index is 5.88. The van der Waals surface area contributed by atoms with E-state index in [2.05, 4.69) is 13.8 Å². The van der Waals surface area contributed by atoms with Crippen LogP contribution in [0.2, 0.25) is 11.6 Å². The molecule has 0 saturated carbocycles. The van der Waals surface area contributed by atoms with Gasteiger partial charge in [-0.05, 0) is 18.9 Å². The molecule has 1 unspecified atom stereocenters. The van der Waals surface area contributed by atoms with Gasteiger partial charge in [0, 0.05) is 38.9 Å². The van der Waals surface area contributed by atoms with Gasteiger partial charge < -0.3 is 18.3 Å². The lowest BCUT2D eigenvalue weighted by Gasteiger charge is -2.51. The molecular weight excluding hydrogens is 248 g/mol. The molecule has 0 spiro atoms. The molecule has 4 nitrogen and oxygen atoms in total. The lowest BCUT2D eigenvalue weighted by Crippen LogP contribution is -2.58. The van der Waals surface area contributed by atoms with Gasteiger partial charge in [0.1, 0.15) is 0 Å². The van der Waals surface area contributed by atoms with Gasteiger partial charge in [0.25, 0.3) is 0 Å². The summed E-state index contributed by atoms with van der Waals surface area (Å²) in [6.45, 7) is 6.83. The van der Waals surface area contributed by atoms with Crippen molar-refractivity contribution in [1.29, 1.82) is 0 Å². The molecule has 0 aromatic heterocycles. The fourth-order valence-corrected chi connectivity index (χ4v) is 6.81. The Labute approximate surface area is 112 Å². The number of methoxy groups -OCH3 is 1. The maximum atomic E-state index is 5.88. The molecule has 1 aliphatic heterocycles. The number of hydrogen-bond donors (Lipinski definition) is 0. The van der Waals surface area contributed by atoms with Crippen LogP contribution in [0.4, 0.5) is 0 Å². The second-order valence-corrected chi connectivity index (χ2v) is 8.96. The molecule has 1 rings (SSSR count). The predicted molar refractivity (Wildman–Crippen MR) is 74.0 cm³/mol. The summed E-state index contributed by atoms with van der Waals surface area (Å²) in [7, 11) is 3.17. The molecule has 0 bridgehead atoms. The molecule has 0 aromatic carbocycles. The van der Waals surface area contributed by atoms with Gasteiger partial charge in [-0.2, -0.15) is 0 Å². The van der Waals surface area contributed by atoms with E-state index in [9.17, 15) is 0 Å². The van der Waals surface area contributed by atoms with Crippen molar-refractivity contribution in [1.82, 2.24) is 0 Å². The van der Waals surface area contributed by atoms with Gasteiger partial charge in [0.05, 0.1) is 13.2 Å². The SMILES string of the molecule is CCC1(C(CCOC)[Si](CC)(OC)OC)COC1. The molecular formula is C13H28O4Si. The van der Waals surface area contributed by atoms with Crippen molar-refractivity contribution in [2.75, 3.05) is 41.2 Å². The first kappa shape index (κ1) is 16.1. The van der Waals surface area contributed by atoms with E-state index in [4.69, 9.17) is 18.3 Å². The molecule has 0 amide bonds. The molecule has 1 fully saturated rings. The van der Waals surface area contributed by atoms with Crippen LogP contribution >= 0.6 is 0 Å². The summed E-state index contributed by atoms with van der Waals surface area (Å²) in [4.78, 5) is 0. The van der Waals surface area contributed by atoms with E-state index in [-0.39, 0.29) is 5.41 Å². The Kier molecular flexibility index (Phi) is 6.27. The summed E-state index contributed by atoms with van der Waals surface area (Å²) in [6.07, 6.45) is 2.11. The first-order chi connectivity index (χ1) is 8.64. The Morgan fingerprint density at radius 3 is 2.06 bits per heavy atom. The molecule has 108 valence electrons. The minimum absolute atomic E-state index is 0.229. The highest BCUT2D eigenvalue weighted by Gasteiger charge is 2.56. The van der Waals surface area contributed by atoms with E-state index < -0.39 is 8.56 Å². The van der Waals surface area contributed by atoms with E-state index in [0.717, 1.165) is 38.7 Å². The third kappa shape index (κ3) is 2.80. The van der Waals surface area contributed by atoms with Gasteiger partial charge in [-0.1, -0.05) is 13.8 Å². The molecule has 0 aliphatic carbocycles. The smallest absolute Gasteiger partial charge is 0.341 e. The Hall–Kier alpha value is 0.0569. The standard InChI is InChI=1S/C13H28O4Si/c1-6-13(10-17-11-13)12(8-9-14-3)18(7-2,15-4)16-5/h12H,6-11H2,1-5H3.